The molecule has 156 valence electrons. The van der Waals surface area contributed by atoms with E-state index in [4.69, 9.17) is 16.3 Å². The molecule has 0 saturated carbocycles. The third-order valence-corrected chi connectivity index (χ3v) is 5.90. The van der Waals surface area contributed by atoms with Crippen molar-refractivity contribution in [3.63, 3.8) is 0 Å². The highest BCUT2D eigenvalue weighted by Gasteiger charge is 2.16. The minimum Gasteiger partial charge on any atom is -0.492 e. The molecule has 6 nitrogen and oxygen atoms in total. The van der Waals surface area contributed by atoms with Crippen LogP contribution in [0.3, 0.4) is 0 Å². The van der Waals surface area contributed by atoms with Gasteiger partial charge in [-0.15, -0.1) is 0 Å². The van der Waals surface area contributed by atoms with E-state index in [1.807, 2.05) is 0 Å². The average molecular weight is 445 g/mol. The Hall–Kier alpha value is -3.03. The quantitative estimate of drug-likeness (QED) is 0.508. The molecule has 0 aliphatic rings. The maximum absolute atomic E-state index is 12.6. The molecule has 0 fully saturated rings. The average Bonchev–Trinajstić information content (AvgIpc) is 2.74. The molecule has 8 heteroatoms. The molecule has 0 aliphatic carbocycles. The lowest BCUT2D eigenvalue weighted by atomic mass is 10.1. The van der Waals surface area contributed by atoms with Gasteiger partial charge < -0.3 is 10.1 Å². The fourth-order valence-electron chi connectivity index (χ4n) is 2.64. The van der Waals surface area contributed by atoms with Crippen molar-refractivity contribution >= 4 is 33.2 Å². The first-order valence-corrected chi connectivity index (χ1v) is 11.1. The predicted molar refractivity (Wildman–Crippen MR) is 118 cm³/mol. The van der Waals surface area contributed by atoms with Gasteiger partial charge in [0, 0.05) is 10.6 Å². The van der Waals surface area contributed by atoms with Crippen molar-refractivity contribution in [1.29, 1.82) is 0 Å². The van der Waals surface area contributed by atoms with Crippen LogP contribution in [0.2, 0.25) is 5.02 Å². The van der Waals surface area contributed by atoms with Crippen LogP contribution in [0.25, 0.3) is 0 Å². The number of ether oxygens (including phenoxy) is 1. The first kappa shape index (κ1) is 21.7. The molecule has 3 aromatic rings. The number of benzene rings is 3. The minimum absolute atomic E-state index is 0.151. The van der Waals surface area contributed by atoms with Gasteiger partial charge in [0.15, 0.2) is 0 Å². The van der Waals surface area contributed by atoms with Gasteiger partial charge in [-0.2, -0.15) is 0 Å². The van der Waals surface area contributed by atoms with Gasteiger partial charge in [0.1, 0.15) is 12.4 Å². The van der Waals surface area contributed by atoms with Crippen molar-refractivity contribution in [2.45, 2.75) is 11.8 Å². The summed E-state index contributed by atoms with van der Waals surface area (Å²) in [6, 6.07) is 19.9. The maximum atomic E-state index is 12.6. The molecule has 3 rings (SSSR count). The number of hydrogen-bond acceptors (Lipinski definition) is 4. The van der Waals surface area contributed by atoms with Gasteiger partial charge in [0.05, 0.1) is 17.1 Å². The summed E-state index contributed by atoms with van der Waals surface area (Å²) in [4.78, 5) is 12.6. The van der Waals surface area contributed by atoms with E-state index in [0.29, 0.717) is 34.1 Å². The summed E-state index contributed by atoms with van der Waals surface area (Å²) in [5.74, 6) is 0.330. The second-order valence-electron chi connectivity index (χ2n) is 6.51. The number of carbonyl (C=O) groups is 1. The van der Waals surface area contributed by atoms with E-state index in [2.05, 4.69) is 10.0 Å². The number of sulfonamides is 1. The fourth-order valence-corrected chi connectivity index (χ4v) is 3.91. The first-order chi connectivity index (χ1) is 14.3. The van der Waals surface area contributed by atoms with Crippen LogP contribution in [0, 0.1) is 6.92 Å². The lowest BCUT2D eigenvalue weighted by molar-refractivity contribution is 0.0947. The van der Waals surface area contributed by atoms with Crippen LogP contribution >= 0.6 is 11.6 Å². The topological polar surface area (TPSA) is 84.5 Å². The van der Waals surface area contributed by atoms with Gasteiger partial charge in [-0.25, -0.2) is 8.42 Å². The number of halogens is 1. The summed E-state index contributed by atoms with van der Waals surface area (Å²) in [5, 5.41) is 3.37. The van der Waals surface area contributed by atoms with Gasteiger partial charge in [-0.1, -0.05) is 35.9 Å². The minimum atomic E-state index is -3.74. The largest absolute Gasteiger partial charge is 0.492 e. The number of hydrogen-bond donors (Lipinski definition) is 2. The van der Waals surface area contributed by atoms with Crippen molar-refractivity contribution in [3.8, 4) is 5.75 Å². The molecule has 0 saturated heterocycles. The highest BCUT2D eigenvalue weighted by atomic mass is 35.5. The van der Waals surface area contributed by atoms with E-state index in [9.17, 15) is 13.2 Å². The normalized spacial score (nSPS) is 11.0. The Morgan fingerprint density at radius 3 is 2.40 bits per heavy atom. The zero-order valence-corrected chi connectivity index (χ0v) is 17.8. The Labute approximate surface area is 180 Å². The van der Waals surface area contributed by atoms with E-state index in [1.165, 1.54) is 18.2 Å². The summed E-state index contributed by atoms with van der Waals surface area (Å²) < 4.78 is 33.2. The van der Waals surface area contributed by atoms with Crippen LogP contribution < -0.4 is 14.8 Å². The molecule has 0 heterocycles. The van der Waals surface area contributed by atoms with Crippen molar-refractivity contribution in [2.24, 2.45) is 0 Å². The fraction of sp³-hybridized carbons (Fsp3) is 0.136. The summed E-state index contributed by atoms with van der Waals surface area (Å²) >= 11 is 5.83. The molecule has 0 bridgehead atoms. The smallest absolute Gasteiger partial charge is 0.261 e. The molecule has 3 aromatic carbocycles. The number of carbonyl (C=O) groups excluding carboxylic acids is 1. The molecule has 0 aromatic heterocycles. The Balaban J connectivity index is 1.61. The maximum Gasteiger partial charge on any atom is 0.261 e. The second-order valence-corrected chi connectivity index (χ2v) is 8.63. The monoisotopic (exact) mass is 444 g/mol. The number of nitrogens with one attached hydrogen (secondary N) is 2. The van der Waals surface area contributed by atoms with Gasteiger partial charge in [-0.05, 0) is 61.0 Å². The third-order valence-electron chi connectivity index (χ3n) is 4.27. The van der Waals surface area contributed by atoms with Crippen LogP contribution in [0.5, 0.6) is 5.75 Å². The Morgan fingerprint density at radius 2 is 1.70 bits per heavy atom. The Morgan fingerprint density at radius 1 is 1.00 bits per heavy atom. The zero-order valence-electron chi connectivity index (χ0n) is 16.3. The van der Waals surface area contributed by atoms with Gasteiger partial charge >= 0.3 is 0 Å². The van der Waals surface area contributed by atoms with E-state index in [0.717, 1.165) is 0 Å². The molecular weight excluding hydrogens is 424 g/mol. The molecule has 1 amide bonds. The standard InChI is InChI=1S/C22H21ClN2O4S/c1-16-7-8-17(15-21(16)25-30(27,28)20-5-3-2-4-6-20)22(26)24-13-14-29-19-11-9-18(23)10-12-19/h2-12,15,25H,13-14H2,1H3,(H,24,26). The van der Waals surface area contributed by atoms with Crippen LogP contribution in [-0.4, -0.2) is 27.5 Å². The van der Waals surface area contributed by atoms with Crippen LogP contribution in [0.1, 0.15) is 15.9 Å². The Kier molecular flexibility index (Phi) is 6.97. The SMILES string of the molecule is Cc1ccc(C(=O)NCCOc2ccc(Cl)cc2)cc1NS(=O)(=O)c1ccccc1. The Bertz CT molecular complexity index is 1120. The van der Waals surface area contributed by atoms with Crippen molar-refractivity contribution < 1.29 is 17.9 Å². The van der Waals surface area contributed by atoms with E-state index in [1.54, 1.807) is 61.5 Å². The summed E-state index contributed by atoms with van der Waals surface area (Å²) in [5.41, 5.74) is 1.40. The van der Waals surface area contributed by atoms with Gasteiger partial charge in [0.25, 0.3) is 15.9 Å². The highest BCUT2D eigenvalue weighted by molar-refractivity contribution is 7.92. The number of aryl methyl sites for hydroxylation is 1. The van der Waals surface area contributed by atoms with Crippen molar-refractivity contribution in [3.05, 3.63) is 88.9 Å². The summed E-state index contributed by atoms with van der Waals surface area (Å²) in [7, 11) is -3.74. The zero-order chi connectivity index (χ0) is 21.6. The molecule has 30 heavy (non-hydrogen) atoms. The van der Waals surface area contributed by atoms with Gasteiger partial charge in [-0.3, -0.25) is 9.52 Å². The number of anilines is 1. The molecule has 0 atom stereocenters. The van der Waals surface area contributed by atoms with E-state index in [-0.39, 0.29) is 17.4 Å². The molecule has 0 unspecified atom stereocenters. The second kappa shape index (κ2) is 9.65. The van der Waals surface area contributed by atoms with E-state index >= 15 is 0 Å². The highest BCUT2D eigenvalue weighted by Crippen LogP contribution is 2.21. The predicted octanol–water partition coefficient (Wildman–Crippen LogP) is 4.26. The first-order valence-electron chi connectivity index (χ1n) is 9.20. The van der Waals surface area contributed by atoms with Crippen LogP contribution in [0.4, 0.5) is 5.69 Å². The van der Waals surface area contributed by atoms with E-state index < -0.39 is 10.0 Å². The van der Waals surface area contributed by atoms with Crippen LogP contribution in [-0.2, 0) is 10.0 Å². The molecule has 0 spiro atoms. The summed E-state index contributed by atoms with van der Waals surface area (Å²) in [6.07, 6.45) is 0. The molecule has 0 aliphatic heterocycles. The molecule has 0 radical (unpaired) electrons. The lowest BCUT2D eigenvalue weighted by Gasteiger charge is -2.13. The summed E-state index contributed by atoms with van der Waals surface area (Å²) in [6.45, 7) is 2.34. The molecular formula is C22H21ClN2O4S. The number of rotatable bonds is 8. The third kappa shape index (κ3) is 5.75. The molecule has 2 N–H and O–H groups in total. The van der Waals surface area contributed by atoms with Crippen molar-refractivity contribution in [2.75, 3.05) is 17.9 Å². The number of amides is 1. The lowest BCUT2D eigenvalue weighted by Crippen LogP contribution is -2.28. The van der Waals surface area contributed by atoms with Gasteiger partial charge in [0.2, 0.25) is 0 Å². The van der Waals surface area contributed by atoms with Crippen molar-refractivity contribution in [1.82, 2.24) is 5.32 Å². The van der Waals surface area contributed by atoms with Crippen LogP contribution in [0.15, 0.2) is 77.7 Å².